The van der Waals surface area contributed by atoms with Gasteiger partial charge in [-0.1, -0.05) is 60.3 Å². The molecule has 2 heterocycles. The Bertz CT molecular complexity index is 1090. The molecule has 0 saturated carbocycles. The Morgan fingerprint density at radius 3 is 2.75 bits per heavy atom. The van der Waals surface area contributed by atoms with Gasteiger partial charge in [-0.15, -0.1) is 11.3 Å². The van der Waals surface area contributed by atoms with Crippen molar-refractivity contribution < 1.29 is 14.0 Å². The number of carbonyl (C=O) groups is 1. The van der Waals surface area contributed by atoms with Crippen molar-refractivity contribution in [1.82, 2.24) is 10.5 Å². The number of thiazole rings is 1. The van der Waals surface area contributed by atoms with Gasteiger partial charge in [-0.25, -0.2) is 10.5 Å². The van der Waals surface area contributed by atoms with E-state index < -0.39 is 5.91 Å². The molecule has 0 spiro atoms. The summed E-state index contributed by atoms with van der Waals surface area (Å²) in [5.41, 5.74) is 5.99. The molecule has 142 valence electrons. The monoisotopic (exact) mass is 410 g/mol. The lowest BCUT2D eigenvalue weighted by molar-refractivity contribution is 0.0213. The summed E-state index contributed by atoms with van der Waals surface area (Å²) in [4.78, 5) is 22.5. The van der Waals surface area contributed by atoms with Crippen molar-refractivity contribution in [3.05, 3.63) is 82.6 Å². The SMILES string of the molecule is Cc1csc(SCc2c(C(=O)NOCc3ccccc3)oc3ccccc23)n1. The number of furan rings is 1. The van der Waals surface area contributed by atoms with Crippen molar-refractivity contribution >= 4 is 40.0 Å². The zero-order valence-electron chi connectivity index (χ0n) is 15.2. The third-order valence-corrected chi connectivity index (χ3v) is 6.25. The maximum atomic E-state index is 12.7. The fourth-order valence-corrected chi connectivity index (χ4v) is 4.64. The van der Waals surface area contributed by atoms with Crippen molar-refractivity contribution in [1.29, 1.82) is 0 Å². The number of rotatable bonds is 7. The topological polar surface area (TPSA) is 64.4 Å². The normalized spacial score (nSPS) is 11.0. The molecule has 0 atom stereocenters. The van der Waals surface area contributed by atoms with Gasteiger partial charge in [0.15, 0.2) is 5.76 Å². The molecule has 28 heavy (non-hydrogen) atoms. The predicted octanol–water partition coefficient (Wildman–Crippen LogP) is 5.35. The summed E-state index contributed by atoms with van der Waals surface area (Å²) in [7, 11) is 0. The van der Waals surface area contributed by atoms with Gasteiger partial charge in [0.1, 0.15) is 9.92 Å². The highest BCUT2D eigenvalue weighted by atomic mass is 32.2. The van der Waals surface area contributed by atoms with Crippen LogP contribution < -0.4 is 5.48 Å². The summed E-state index contributed by atoms with van der Waals surface area (Å²) in [6.07, 6.45) is 0. The number of nitrogens with zero attached hydrogens (tertiary/aromatic N) is 1. The number of aryl methyl sites for hydroxylation is 1. The number of amides is 1. The molecule has 5 nitrogen and oxygen atoms in total. The zero-order chi connectivity index (χ0) is 19.3. The van der Waals surface area contributed by atoms with E-state index in [1.165, 1.54) is 0 Å². The number of hydrogen-bond acceptors (Lipinski definition) is 6. The first-order chi connectivity index (χ1) is 13.7. The maximum Gasteiger partial charge on any atom is 0.310 e. The number of para-hydroxylation sites is 1. The van der Waals surface area contributed by atoms with Gasteiger partial charge in [-0.3, -0.25) is 9.63 Å². The molecule has 0 aliphatic rings. The van der Waals surface area contributed by atoms with Gasteiger partial charge in [0, 0.05) is 27.8 Å². The number of thioether (sulfide) groups is 1. The van der Waals surface area contributed by atoms with Crippen LogP contribution in [0.5, 0.6) is 0 Å². The fraction of sp³-hybridized carbons (Fsp3) is 0.143. The van der Waals surface area contributed by atoms with E-state index in [4.69, 9.17) is 9.25 Å². The number of fused-ring (bicyclic) bond motifs is 1. The third kappa shape index (κ3) is 4.27. The van der Waals surface area contributed by atoms with Crippen LogP contribution in [-0.2, 0) is 17.2 Å². The van der Waals surface area contributed by atoms with E-state index in [-0.39, 0.29) is 12.4 Å². The van der Waals surface area contributed by atoms with Crippen LogP contribution in [0, 0.1) is 6.92 Å². The van der Waals surface area contributed by atoms with Gasteiger partial charge in [0.05, 0.1) is 6.61 Å². The average molecular weight is 411 g/mol. The van der Waals surface area contributed by atoms with E-state index in [1.54, 1.807) is 23.1 Å². The number of aromatic nitrogens is 1. The van der Waals surface area contributed by atoms with E-state index in [1.807, 2.05) is 66.9 Å². The summed E-state index contributed by atoms with van der Waals surface area (Å²) in [6.45, 7) is 2.26. The van der Waals surface area contributed by atoms with Crippen LogP contribution in [0.4, 0.5) is 0 Å². The smallest absolute Gasteiger partial charge is 0.310 e. The maximum absolute atomic E-state index is 12.7. The van der Waals surface area contributed by atoms with Gasteiger partial charge in [-0.05, 0) is 18.6 Å². The lowest BCUT2D eigenvalue weighted by Crippen LogP contribution is -2.24. The molecule has 0 bridgehead atoms. The Labute approximate surface area is 170 Å². The Morgan fingerprint density at radius 2 is 1.96 bits per heavy atom. The number of nitrogens with one attached hydrogen (secondary N) is 1. The van der Waals surface area contributed by atoms with Gasteiger partial charge < -0.3 is 4.42 Å². The lowest BCUT2D eigenvalue weighted by atomic mass is 10.1. The number of benzene rings is 2. The molecule has 0 radical (unpaired) electrons. The molecule has 2 aromatic heterocycles. The second-order valence-electron chi connectivity index (χ2n) is 6.15. The number of hydroxylamine groups is 1. The van der Waals surface area contributed by atoms with Crippen molar-refractivity contribution in [2.24, 2.45) is 0 Å². The molecule has 1 N–H and O–H groups in total. The van der Waals surface area contributed by atoms with Crippen LogP contribution >= 0.6 is 23.1 Å². The molecule has 0 unspecified atom stereocenters. The van der Waals surface area contributed by atoms with E-state index in [0.717, 1.165) is 26.5 Å². The Hall–Kier alpha value is -2.61. The van der Waals surface area contributed by atoms with E-state index in [9.17, 15) is 4.79 Å². The molecule has 2 aromatic carbocycles. The molecule has 7 heteroatoms. The van der Waals surface area contributed by atoms with Crippen molar-refractivity contribution in [2.45, 2.75) is 23.6 Å². The molecule has 1 amide bonds. The van der Waals surface area contributed by atoms with Gasteiger partial charge in [0.2, 0.25) is 0 Å². The summed E-state index contributed by atoms with van der Waals surface area (Å²) >= 11 is 3.19. The fourth-order valence-electron chi connectivity index (χ4n) is 2.76. The van der Waals surface area contributed by atoms with Crippen molar-refractivity contribution in [3.63, 3.8) is 0 Å². The van der Waals surface area contributed by atoms with Crippen molar-refractivity contribution in [2.75, 3.05) is 0 Å². The molecular weight excluding hydrogens is 392 g/mol. The highest BCUT2D eigenvalue weighted by Crippen LogP contribution is 2.33. The van der Waals surface area contributed by atoms with Crippen LogP contribution in [0.1, 0.15) is 27.4 Å². The van der Waals surface area contributed by atoms with Gasteiger partial charge in [-0.2, -0.15) is 0 Å². The van der Waals surface area contributed by atoms with Crippen LogP contribution in [-0.4, -0.2) is 10.9 Å². The predicted molar refractivity (Wildman–Crippen MR) is 111 cm³/mol. The molecule has 4 aromatic rings. The third-order valence-electron chi connectivity index (χ3n) is 4.09. The van der Waals surface area contributed by atoms with Crippen molar-refractivity contribution in [3.8, 4) is 0 Å². The molecule has 0 saturated heterocycles. The second-order valence-corrected chi connectivity index (χ2v) is 8.24. The summed E-state index contributed by atoms with van der Waals surface area (Å²) in [5.74, 6) is 0.471. The van der Waals surface area contributed by atoms with Gasteiger partial charge in [0.25, 0.3) is 0 Å². The molecule has 0 aliphatic heterocycles. The summed E-state index contributed by atoms with van der Waals surface area (Å²) in [5, 5.41) is 2.94. The number of carbonyl (C=O) groups excluding carboxylic acids is 1. The summed E-state index contributed by atoms with van der Waals surface area (Å²) < 4.78 is 6.80. The Balaban J connectivity index is 1.50. The Morgan fingerprint density at radius 1 is 1.18 bits per heavy atom. The first-order valence-electron chi connectivity index (χ1n) is 8.72. The first-order valence-corrected chi connectivity index (χ1v) is 10.6. The molecular formula is C21H18N2O3S2. The van der Waals surface area contributed by atoms with Gasteiger partial charge >= 0.3 is 5.91 Å². The zero-order valence-corrected chi connectivity index (χ0v) is 16.8. The quantitative estimate of drug-likeness (QED) is 0.329. The minimum absolute atomic E-state index is 0.273. The van der Waals surface area contributed by atoms with Crippen LogP contribution in [0.3, 0.4) is 0 Å². The minimum atomic E-state index is -0.391. The lowest BCUT2D eigenvalue weighted by Gasteiger charge is -2.06. The van der Waals surface area contributed by atoms with E-state index in [2.05, 4.69) is 10.5 Å². The average Bonchev–Trinajstić information content (AvgIpc) is 3.30. The summed E-state index contributed by atoms with van der Waals surface area (Å²) in [6, 6.07) is 17.3. The number of hydrogen-bond donors (Lipinski definition) is 1. The van der Waals surface area contributed by atoms with Crippen LogP contribution in [0.25, 0.3) is 11.0 Å². The van der Waals surface area contributed by atoms with Crippen LogP contribution in [0.15, 0.2) is 68.7 Å². The second kappa shape index (κ2) is 8.60. The van der Waals surface area contributed by atoms with Crippen LogP contribution in [0.2, 0.25) is 0 Å². The van der Waals surface area contributed by atoms with E-state index in [0.29, 0.717) is 11.3 Å². The first kappa shape index (κ1) is 18.7. The molecule has 0 aliphatic carbocycles. The standard InChI is InChI=1S/C21H18N2O3S2/c1-14-12-27-21(22-14)28-13-17-16-9-5-6-10-18(16)26-19(17)20(24)23-25-11-15-7-3-2-4-8-15/h2-10,12H,11,13H2,1H3,(H,23,24). The molecule has 4 rings (SSSR count). The molecule has 0 fully saturated rings. The largest absolute Gasteiger partial charge is 0.450 e. The highest BCUT2D eigenvalue weighted by molar-refractivity contribution is 8.00. The minimum Gasteiger partial charge on any atom is -0.450 e. The Kier molecular flexibility index (Phi) is 5.76. The van der Waals surface area contributed by atoms with E-state index >= 15 is 0 Å². The highest BCUT2D eigenvalue weighted by Gasteiger charge is 2.21.